The van der Waals surface area contributed by atoms with Crippen LogP contribution in [0.2, 0.25) is 0 Å². The maximum Gasteiger partial charge on any atom is 0.140 e. The Morgan fingerprint density at radius 1 is 1.40 bits per heavy atom. The van der Waals surface area contributed by atoms with E-state index in [0.29, 0.717) is 30.5 Å². The van der Waals surface area contributed by atoms with Gasteiger partial charge in [-0.3, -0.25) is 4.79 Å². The van der Waals surface area contributed by atoms with E-state index in [9.17, 15) is 9.90 Å². The fraction of sp³-hybridized carbons (Fsp3) is 0.667. The summed E-state index contributed by atoms with van der Waals surface area (Å²) in [7, 11) is 1.72. The molecule has 4 heteroatoms. The lowest BCUT2D eigenvalue weighted by Crippen LogP contribution is -2.56. The van der Waals surface area contributed by atoms with Gasteiger partial charge in [-0.15, -0.1) is 0 Å². The van der Waals surface area contributed by atoms with Crippen LogP contribution in [0.1, 0.15) is 75.3 Å². The summed E-state index contributed by atoms with van der Waals surface area (Å²) in [6, 6.07) is 5.71. The van der Waals surface area contributed by atoms with Crippen LogP contribution >= 0.6 is 0 Å². The van der Waals surface area contributed by atoms with Crippen LogP contribution in [0, 0.1) is 5.41 Å². The maximum absolute atomic E-state index is 12.4. The molecule has 2 aliphatic rings. The molecule has 0 bridgehead atoms. The summed E-state index contributed by atoms with van der Waals surface area (Å²) in [6.45, 7) is 4.86. The molecule has 138 valence electrons. The van der Waals surface area contributed by atoms with E-state index in [1.807, 2.05) is 6.07 Å². The van der Waals surface area contributed by atoms with Crippen molar-refractivity contribution >= 4 is 5.78 Å². The number of hydrogen-bond donors (Lipinski definition) is 2. The van der Waals surface area contributed by atoms with Gasteiger partial charge in [0.05, 0.1) is 6.61 Å². The fourth-order valence-electron chi connectivity index (χ4n) is 5.07. The van der Waals surface area contributed by atoms with Gasteiger partial charge in [0.25, 0.3) is 0 Å². The van der Waals surface area contributed by atoms with Crippen molar-refractivity contribution in [3.63, 3.8) is 0 Å². The van der Waals surface area contributed by atoms with Gasteiger partial charge in [-0.25, -0.2) is 0 Å². The molecular weight excluding hydrogens is 314 g/mol. The molecule has 0 radical (unpaired) electrons. The third-order valence-electron chi connectivity index (χ3n) is 6.93. The van der Waals surface area contributed by atoms with E-state index in [0.717, 1.165) is 32.1 Å². The summed E-state index contributed by atoms with van der Waals surface area (Å²) in [4.78, 5) is 12.4. The topological polar surface area (TPSA) is 72.5 Å². The van der Waals surface area contributed by atoms with Gasteiger partial charge >= 0.3 is 0 Å². The molecule has 4 nitrogen and oxygen atoms in total. The van der Waals surface area contributed by atoms with E-state index in [1.165, 1.54) is 11.1 Å². The van der Waals surface area contributed by atoms with Crippen molar-refractivity contribution in [1.82, 2.24) is 0 Å². The molecule has 0 unspecified atom stereocenters. The summed E-state index contributed by atoms with van der Waals surface area (Å²) in [5.41, 5.74) is 8.45. The highest BCUT2D eigenvalue weighted by molar-refractivity contribution is 5.89. The highest BCUT2D eigenvalue weighted by Gasteiger charge is 2.57. The SMILES string of the molecule is CC[C@@H](COC)c1cc(O)ccc1[C@H]1CC[C@]2(C)C(=O)CC[C@@]2(N)C1. The smallest absolute Gasteiger partial charge is 0.140 e. The summed E-state index contributed by atoms with van der Waals surface area (Å²) in [5, 5.41) is 10.0. The molecule has 3 rings (SSSR count). The number of fused-ring (bicyclic) bond motifs is 1. The quantitative estimate of drug-likeness (QED) is 0.850. The average molecular weight is 345 g/mol. The Labute approximate surface area is 150 Å². The van der Waals surface area contributed by atoms with E-state index in [1.54, 1.807) is 13.2 Å². The van der Waals surface area contributed by atoms with Gasteiger partial charge in [0.1, 0.15) is 11.5 Å². The third-order valence-corrected chi connectivity index (χ3v) is 6.93. The second kappa shape index (κ2) is 6.73. The van der Waals surface area contributed by atoms with Gasteiger partial charge in [0.15, 0.2) is 0 Å². The average Bonchev–Trinajstić information content (AvgIpc) is 2.83. The molecule has 1 aromatic rings. The fourth-order valence-corrected chi connectivity index (χ4v) is 5.07. The van der Waals surface area contributed by atoms with Crippen molar-refractivity contribution in [2.75, 3.05) is 13.7 Å². The van der Waals surface area contributed by atoms with Gasteiger partial charge in [0.2, 0.25) is 0 Å². The summed E-state index contributed by atoms with van der Waals surface area (Å²) >= 11 is 0. The predicted molar refractivity (Wildman–Crippen MR) is 98.9 cm³/mol. The Morgan fingerprint density at radius 3 is 2.84 bits per heavy atom. The molecule has 0 saturated heterocycles. The van der Waals surface area contributed by atoms with Gasteiger partial charge in [-0.1, -0.05) is 19.9 Å². The number of phenols is 1. The standard InChI is InChI=1S/C21H31NO3/c1-4-14(13-25-3)18-11-16(23)5-6-17(18)15-7-9-20(2)19(24)8-10-21(20,22)12-15/h5-6,11,14-15,23H,4,7-10,12-13,22H2,1-3H3/t14-,15-,20+,21+/m0/s1. The number of carbonyl (C=O) groups is 1. The molecule has 0 heterocycles. The first-order chi connectivity index (χ1) is 11.8. The van der Waals surface area contributed by atoms with E-state index in [-0.39, 0.29) is 11.3 Å². The van der Waals surface area contributed by atoms with Crippen LogP contribution < -0.4 is 5.73 Å². The minimum atomic E-state index is -0.398. The molecule has 2 aliphatic carbocycles. The maximum atomic E-state index is 12.4. The van der Waals surface area contributed by atoms with Crippen LogP contribution in [0.25, 0.3) is 0 Å². The molecule has 2 saturated carbocycles. The van der Waals surface area contributed by atoms with Gasteiger partial charge in [0, 0.05) is 30.4 Å². The van der Waals surface area contributed by atoms with E-state index >= 15 is 0 Å². The third kappa shape index (κ3) is 3.00. The lowest BCUT2D eigenvalue weighted by atomic mass is 9.59. The van der Waals surface area contributed by atoms with E-state index < -0.39 is 5.54 Å². The Hall–Kier alpha value is -1.39. The molecule has 1 aromatic carbocycles. The molecular formula is C21H31NO3. The van der Waals surface area contributed by atoms with Gasteiger partial charge in [-0.2, -0.15) is 0 Å². The summed E-state index contributed by atoms with van der Waals surface area (Å²) in [5.74, 6) is 1.24. The molecule has 0 spiro atoms. The van der Waals surface area contributed by atoms with Crippen LogP contribution in [-0.2, 0) is 9.53 Å². The van der Waals surface area contributed by atoms with E-state index in [4.69, 9.17) is 10.5 Å². The number of ketones is 1. The minimum absolute atomic E-state index is 0.263. The molecule has 0 aromatic heterocycles. The van der Waals surface area contributed by atoms with Crippen molar-refractivity contribution in [2.24, 2.45) is 11.1 Å². The monoisotopic (exact) mass is 345 g/mol. The van der Waals surface area contributed by atoms with Gasteiger partial charge < -0.3 is 15.6 Å². The van der Waals surface area contributed by atoms with Crippen LogP contribution in [-0.4, -0.2) is 30.1 Å². The molecule has 2 fully saturated rings. The summed E-state index contributed by atoms with van der Waals surface area (Å²) in [6.07, 6.45) is 5.04. The normalized spacial score (nSPS) is 33.3. The first-order valence-corrected chi connectivity index (χ1v) is 9.48. The Kier molecular flexibility index (Phi) is 4.95. The zero-order valence-electron chi connectivity index (χ0n) is 15.7. The largest absolute Gasteiger partial charge is 0.508 e. The number of rotatable bonds is 5. The number of benzene rings is 1. The van der Waals surface area contributed by atoms with Crippen molar-refractivity contribution in [1.29, 1.82) is 0 Å². The van der Waals surface area contributed by atoms with Crippen LogP contribution in [0.4, 0.5) is 0 Å². The van der Waals surface area contributed by atoms with Crippen molar-refractivity contribution in [3.05, 3.63) is 29.3 Å². The molecule has 25 heavy (non-hydrogen) atoms. The zero-order valence-corrected chi connectivity index (χ0v) is 15.7. The number of Topliss-reactive ketones (excluding diaryl/α,β-unsaturated/α-hetero) is 1. The number of aromatic hydroxyl groups is 1. The first-order valence-electron chi connectivity index (χ1n) is 9.48. The number of methoxy groups -OCH3 is 1. The van der Waals surface area contributed by atoms with Crippen LogP contribution in [0.3, 0.4) is 0 Å². The van der Waals surface area contributed by atoms with Crippen molar-refractivity contribution < 1.29 is 14.6 Å². The van der Waals surface area contributed by atoms with Crippen molar-refractivity contribution in [2.45, 2.75) is 69.7 Å². The molecule has 0 amide bonds. The molecule has 4 atom stereocenters. The second-order valence-electron chi connectivity index (χ2n) is 8.22. The van der Waals surface area contributed by atoms with Crippen LogP contribution in [0.5, 0.6) is 5.75 Å². The molecule has 3 N–H and O–H groups in total. The lowest BCUT2D eigenvalue weighted by molar-refractivity contribution is -0.128. The van der Waals surface area contributed by atoms with Gasteiger partial charge in [-0.05, 0) is 61.3 Å². The Morgan fingerprint density at radius 2 is 2.16 bits per heavy atom. The van der Waals surface area contributed by atoms with Crippen molar-refractivity contribution in [3.8, 4) is 5.75 Å². The second-order valence-corrected chi connectivity index (χ2v) is 8.22. The molecule has 0 aliphatic heterocycles. The van der Waals surface area contributed by atoms with E-state index in [2.05, 4.69) is 19.9 Å². The predicted octanol–water partition coefficient (Wildman–Crippen LogP) is 3.87. The first kappa shape index (κ1) is 18.4. The summed E-state index contributed by atoms with van der Waals surface area (Å²) < 4.78 is 5.40. The highest BCUT2D eigenvalue weighted by Crippen LogP contribution is 2.55. The number of hydrogen-bond acceptors (Lipinski definition) is 4. The highest BCUT2D eigenvalue weighted by atomic mass is 16.5. The number of phenolic OH excluding ortho intramolecular Hbond substituents is 1. The number of carbonyl (C=O) groups excluding carboxylic acids is 1. The van der Waals surface area contributed by atoms with Crippen LogP contribution in [0.15, 0.2) is 18.2 Å². The Bertz CT molecular complexity index is 659. The zero-order chi connectivity index (χ0) is 18.2. The number of nitrogens with two attached hydrogens (primary N) is 1. The lowest BCUT2D eigenvalue weighted by Gasteiger charge is -2.47. The minimum Gasteiger partial charge on any atom is -0.508 e. The Balaban J connectivity index is 1.94. The number of ether oxygens (including phenoxy) is 1.